The summed E-state index contributed by atoms with van der Waals surface area (Å²) in [5.74, 6) is 1.37. The minimum Gasteiger partial charge on any atom is -0.264 e. The van der Waals surface area contributed by atoms with Crippen LogP contribution in [0.4, 0.5) is 0 Å². The van der Waals surface area contributed by atoms with Crippen LogP contribution in [-0.2, 0) is 0 Å². The molecule has 528 valence electrons. The fourth-order valence-electron chi connectivity index (χ4n) is 15.3. The molecule has 0 unspecified atom stereocenters. The highest BCUT2D eigenvalue weighted by atomic mass is 14.9. The van der Waals surface area contributed by atoms with Gasteiger partial charge in [-0.15, -0.1) is 0 Å². The van der Waals surface area contributed by atoms with E-state index in [4.69, 9.17) is 39.9 Å². The SMILES string of the molecule is Cc1ccc2ccc3c(C)cc(-c4ccc(-c5ccc(-c6cc(-c7cccc(-c8cccc9ccncc89)c7)nc(-c7ccccc7)n6)cc5)cc4)nc3c2n1.Cc1ccc2ccc3c(C)cc(-c4ccc(-c5cccc(-c6cc(-c7cccc(-c8cncc9ccccc89)c7)nc(-c7ccccc7)n6)c5)cc4)nc3c2n1. The van der Waals surface area contributed by atoms with E-state index < -0.39 is 0 Å². The quantitative estimate of drug-likeness (QED) is 0.109. The molecule has 0 aliphatic heterocycles. The lowest BCUT2D eigenvalue weighted by Crippen LogP contribution is -1.96. The highest BCUT2D eigenvalue weighted by Crippen LogP contribution is 2.39. The molecule has 10 heteroatoms. The normalized spacial score (nSPS) is 11.4. The molecule has 0 aliphatic rings. The lowest BCUT2D eigenvalue weighted by molar-refractivity contribution is 1.18. The second-order valence-corrected chi connectivity index (χ2v) is 28.6. The van der Waals surface area contributed by atoms with Crippen molar-refractivity contribution in [1.82, 2.24) is 49.8 Å². The Labute approximate surface area is 648 Å². The molecule has 0 atom stereocenters. The van der Waals surface area contributed by atoms with Crippen LogP contribution in [0.25, 0.3) is 200 Å². The fraction of sp³-hybridized carbons (Fsp3) is 0.0392. The van der Waals surface area contributed by atoms with Crippen LogP contribution >= 0.6 is 0 Å². The smallest absolute Gasteiger partial charge is 0.160 e. The van der Waals surface area contributed by atoms with Gasteiger partial charge in [0.05, 0.1) is 56.2 Å². The van der Waals surface area contributed by atoms with Crippen LogP contribution < -0.4 is 0 Å². The van der Waals surface area contributed by atoms with Crippen molar-refractivity contribution in [3.63, 3.8) is 0 Å². The predicted octanol–water partition coefficient (Wildman–Crippen LogP) is 25.5. The van der Waals surface area contributed by atoms with Crippen molar-refractivity contribution in [2.45, 2.75) is 27.7 Å². The Balaban J connectivity index is 0.000000151. The van der Waals surface area contributed by atoms with Crippen LogP contribution in [-0.4, -0.2) is 49.8 Å². The molecule has 20 rings (SSSR count). The zero-order valence-corrected chi connectivity index (χ0v) is 62.0. The van der Waals surface area contributed by atoms with Gasteiger partial charge in [0.1, 0.15) is 0 Å². The van der Waals surface area contributed by atoms with E-state index in [1.165, 1.54) is 16.5 Å². The van der Waals surface area contributed by atoms with Gasteiger partial charge in [0.25, 0.3) is 0 Å². The molecular weight excluding hydrogens is 1370 g/mol. The molecule has 0 N–H and O–H groups in total. The molecule has 10 nitrogen and oxygen atoms in total. The number of benzene rings is 12. The lowest BCUT2D eigenvalue weighted by atomic mass is 9.97. The Morgan fingerprint density at radius 1 is 0.188 bits per heavy atom. The topological polar surface area (TPSA) is 129 Å². The first-order chi connectivity index (χ1) is 55.1. The summed E-state index contributed by atoms with van der Waals surface area (Å²) in [4.78, 5) is 49.4. The zero-order chi connectivity index (χ0) is 75.2. The number of pyridine rings is 6. The third-order valence-corrected chi connectivity index (χ3v) is 21.1. The summed E-state index contributed by atoms with van der Waals surface area (Å²) < 4.78 is 0. The number of hydrogen-bond acceptors (Lipinski definition) is 10. The minimum atomic E-state index is 0.682. The minimum absolute atomic E-state index is 0.682. The maximum atomic E-state index is 5.15. The predicted molar refractivity (Wildman–Crippen MR) is 460 cm³/mol. The van der Waals surface area contributed by atoms with Crippen LogP contribution in [0.2, 0.25) is 0 Å². The van der Waals surface area contributed by atoms with E-state index in [0.717, 1.165) is 194 Å². The highest BCUT2D eigenvalue weighted by Gasteiger charge is 2.19. The second-order valence-electron chi connectivity index (χ2n) is 28.6. The molecule has 0 radical (unpaired) electrons. The molecular formula is C102H70N10. The number of hydrogen-bond donors (Lipinski definition) is 0. The van der Waals surface area contributed by atoms with Crippen molar-refractivity contribution in [2.75, 3.05) is 0 Å². The Hall–Kier alpha value is -14.7. The summed E-state index contributed by atoms with van der Waals surface area (Å²) in [6.07, 6.45) is 7.63. The van der Waals surface area contributed by atoms with Gasteiger partial charge in [-0.1, -0.05) is 267 Å². The summed E-state index contributed by atoms with van der Waals surface area (Å²) in [5, 5.41) is 9.03. The zero-order valence-electron chi connectivity index (χ0n) is 62.0. The van der Waals surface area contributed by atoms with Crippen LogP contribution in [0.15, 0.2) is 352 Å². The average Bonchev–Trinajstić information content (AvgIpc) is 0.763. The van der Waals surface area contributed by atoms with E-state index in [0.29, 0.717) is 11.6 Å². The van der Waals surface area contributed by atoms with E-state index in [1.54, 1.807) is 0 Å². The molecule has 8 heterocycles. The van der Waals surface area contributed by atoms with E-state index in [2.05, 4.69) is 309 Å². The Kier molecular flexibility index (Phi) is 17.6. The van der Waals surface area contributed by atoms with Gasteiger partial charge in [-0.2, -0.15) is 0 Å². The molecule has 0 saturated heterocycles. The van der Waals surface area contributed by atoms with Crippen molar-refractivity contribution >= 4 is 65.2 Å². The summed E-state index contributed by atoms with van der Waals surface area (Å²) in [5.41, 5.74) is 30.5. The van der Waals surface area contributed by atoms with Gasteiger partial charge in [0.2, 0.25) is 0 Å². The van der Waals surface area contributed by atoms with Crippen LogP contribution in [0.3, 0.4) is 0 Å². The van der Waals surface area contributed by atoms with Gasteiger partial charge in [-0.3, -0.25) is 19.9 Å². The highest BCUT2D eigenvalue weighted by molar-refractivity contribution is 6.06. The number of aryl methyl sites for hydroxylation is 4. The van der Waals surface area contributed by atoms with E-state index in [1.807, 2.05) is 81.1 Å². The number of fused-ring (bicyclic) bond motifs is 8. The largest absolute Gasteiger partial charge is 0.264 e. The molecule has 112 heavy (non-hydrogen) atoms. The maximum Gasteiger partial charge on any atom is 0.160 e. The lowest BCUT2D eigenvalue weighted by Gasteiger charge is -2.12. The maximum absolute atomic E-state index is 5.15. The first kappa shape index (κ1) is 67.8. The van der Waals surface area contributed by atoms with E-state index in [9.17, 15) is 0 Å². The van der Waals surface area contributed by atoms with Gasteiger partial charge in [-0.05, 0) is 149 Å². The molecule has 20 aromatic rings. The number of rotatable bonds is 12. The first-order valence-corrected chi connectivity index (χ1v) is 37.6. The number of aromatic nitrogens is 10. The van der Waals surface area contributed by atoms with Crippen LogP contribution in [0.5, 0.6) is 0 Å². The molecule has 0 saturated carbocycles. The third-order valence-electron chi connectivity index (χ3n) is 21.1. The fourth-order valence-corrected chi connectivity index (χ4v) is 15.3. The summed E-state index contributed by atoms with van der Waals surface area (Å²) in [6.45, 7) is 8.35. The summed E-state index contributed by atoms with van der Waals surface area (Å²) in [6, 6.07) is 114. The molecule has 8 aromatic heterocycles. The van der Waals surface area contributed by atoms with Gasteiger partial charge < -0.3 is 0 Å². The Bertz CT molecular complexity index is 7020. The van der Waals surface area contributed by atoms with Gasteiger partial charge in [0, 0.05) is 119 Å². The van der Waals surface area contributed by atoms with Crippen molar-refractivity contribution in [3.8, 4) is 135 Å². The third kappa shape index (κ3) is 13.4. The van der Waals surface area contributed by atoms with Crippen molar-refractivity contribution in [3.05, 3.63) is 375 Å². The number of nitrogens with zero attached hydrogens (tertiary/aromatic N) is 10. The molecule has 0 amide bonds. The van der Waals surface area contributed by atoms with Gasteiger partial charge in [0.15, 0.2) is 11.6 Å². The molecule has 0 fully saturated rings. The van der Waals surface area contributed by atoms with Crippen molar-refractivity contribution in [1.29, 1.82) is 0 Å². The molecule has 0 spiro atoms. The first-order valence-electron chi connectivity index (χ1n) is 37.6. The van der Waals surface area contributed by atoms with Gasteiger partial charge in [-0.25, -0.2) is 29.9 Å². The van der Waals surface area contributed by atoms with E-state index in [-0.39, 0.29) is 0 Å². The Morgan fingerprint density at radius 2 is 0.580 bits per heavy atom. The summed E-state index contributed by atoms with van der Waals surface area (Å²) in [7, 11) is 0. The van der Waals surface area contributed by atoms with Crippen LogP contribution in [0.1, 0.15) is 22.5 Å². The molecule has 0 aliphatic carbocycles. The summed E-state index contributed by atoms with van der Waals surface area (Å²) >= 11 is 0. The standard InChI is InChI=1S/2C51H35N5/c1-32-28-46(54-50-43(32)25-24-39-15-14-33(2)53-49(39)50)37-20-16-34(17-21-37)35-18-22-38(23-19-35)47-30-48(56-51(55-47)40-8-4-3-5-9-40)42-12-6-11-41(29-42)44-13-7-10-36-26-27-52-31-45(36)44;1-32-26-46(54-50-43(32)25-24-36-19-18-33(2)53-49(36)50)35-22-20-34(21-23-35)38-13-8-15-40(27-38)47-29-48(56-51(55-47)37-10-4-3-5-11-37)41-16-9-14-39(28-41)45-31-52-30-42-12-6-7-17-44(42)45/h2*3-31H,1-2H3. The second kappa shape index (κ2) is 29.1. The molecule has 12 aromatic carbocycles. The monoisotopic (exact) mass is 1430 g/mol. The average molecular weight is 1440 g/mol. The van der Waals surface area contributed by atoms with Crippen molar-refractivity contribution in [2.24, 2.45) is 0 Å². The molecule has 0 bridgehead atoms. The Morgan fingerprint density at radius 3 is 1.10 bits per heavy atom. The van der Waals surface area contributed by atoms with Crippen molar-refractivity contribution < 1.29 is 0 Å². The van der Waals surface area contributed by atoms with E-state index >= 15 is 0 Å². The van der Waals surface area contributed by atoms with Gasteiger partial charge >= 0.3 is 0 Å². The van der Waals surface area contributed by atoms with Crippen LogP contribution in [0, 0.1) is 27.7 Å².